The molecule has 22 heavy (non-hydrogen) atoms. The highest BCUT2D eigenvalue weighted by Crippen LogP contribution is 2.41. The van der Waals surface area contributed by atoms with Crippen LogP contribution in [0.1, 0.15) is 11.1 Å². The Morgan fingerprint density at radius 2 is 1.95 bits per heavy atom. The first-order chi connectivity index (χ1) is 10.1. The minimum atomic E-state index is -4.74. The van der Waals surface area contributed by atoms with Gasteiger partial charge >= 0.3 is 6.18 Å². The SMILES string of the molecule is COc1cc(/C=C2\SC(=O)N(C)C2=O)c(C(F)(F)F)cc1O. The van der Waals surface area contributed by atoms with Crippen molar-refractivity contribution in [2.75, 3.05) is 14.2 Å². The van der Waals surface area contributed by atoms with Gasteiger partial charge in [0, 0.05) is 7.05 Å². The number of nitrogens with zero attached hydrogens (tertiary/aromatic N) is 1. The first kappa shape index (κ1) is 16.2. The largest absolute Gasteiger partial charge is 0.504 e. The second kappa shape index (κ2) is 5.56. The van der Waals surface area contributed by atoms with Crippen LogP contribution in [-0.2, 0) is 11.0 Å². The fourth-order valence-electron chi connectivity index (χ4n) is 1.80. The van der Waals surface area contributed by atoms with Crippen molar-refractivity contribution >= 4 is 29.0 Å². The number of amides is 2. The van der Waals surface area contributed by atoms with Crippen LogP contribution >= 0.6 is 11.8 Å². The molecule has 1 N–H and O–H groups in total. The predicted octanol–water partition coefficient (Wildman–Crippen LogP) is 3.09. The highest BCUT2D eigenvalue weighted by molar-refractivity contribution is 8.18. The van der Waals surface area contributed by atoms with Crippen molar-refractivity contribution in [1.29, 1.82) is 0 Å². The summed E-state index contributed by atoms with van der Waals surface area (Å²) in [6, 6.07) is 1.47. The summed E-state index contributed by atoms with van der Waals surface area (Å²) in [6.45, 7) is 0. The average Bonchev–Trinajstić information content (AvgIpc) is 2.66. The Morgan fingerprint density at radius 3 is 2.41 bits per heavy atom. The standard InChI is InChI=1S/C13H10F3NO4S/c1-17-11(19)10(22-12(17)20)4-6-3-9(21-2)8(18)5-7(6)13(14,15)16/h3-5,18H,1-2H3/b10-4-. The van der Waals surface area contributed by atoms with Gasteiger partial charge in [-0.15, -0.1) is 0 Å². The predicted molar refractivity (Wildman–Crippen MR) is 73.4 cm³/mol. The van der Waals surface area contributed by atoms with Gasteiger partial charge in [-0.2, -0.15) is 13.2 Å². The van der Waals surface area contributed by atoms with Gasteiger partial charge in [0.1, 0.15) is 0 Å². The van der Waals surface area contributed by atoms with Crippen molar-refractivity contribution in [1.82, 2.24) is 4.90 Å². The van der Waals surface area contributed by atoms with Crippen LogP contribution in [0.25, 0.3) is 6.08 Å². The number of phenolic OH excluding ortho intramolecular Hbond substituents is 1. The lowest BCUT2D eigenvalue weighted by Gasteiger charge is -2.13. The summed E-state index contributed by atoms with van der Waals surface area (Å²) in [7, 11) is 2.42. The highest BCUT2D eigenvalue weighted by atomic mass is 32.2. The van der Waals surface area contributed by atoms with Gasteiger partial charge in [0.25, 0.3) is 11.1 Å². The summed E-state index contributed by atoms with van der Waals surface area (Å²) in [5.41, 5.74) is -1.50. The molecule has 1 aliphatic rings. The molecule has 1 fully saturated rings. The molecule has 118 valence electrons. The zero-order valence-corrected chi connectivity index (χ0v) is 12.2. The van der Waals surface area contributed by atoms with Gasteiger partial charge in [-0.25, -0.2) is 0 Å². The Bertz CT molecular complexity index is 685. The number of phenols is 1. The normalized spacial score (nSPS) is 17.5. The molecule has 0 aromatic heterocycles. The van der Waals surface area contributed by atoms with Gasteiger partial charge in [0.2, 0.25) is 0 Å². The zero-order valence-electron chi connectivity index (χ0n) is 11.4. The van der Waals surface area contributed by atoms with Gasteiger partial charge in [-0.3, -0.25) is 14.5 Å². The van der Waals surface area contributed by atoms with Gasteiger partial charge < -0.3 is 9.84 Å². The van der Waals surface area contributed by atoms with E-state index in [1.807, 2.05) is 0 Å². The number of ether oxygens (including phenoxy) is 1. The minimum absolute atomic E-state index is 0.134. The average molecular weight is 333 g/mol. The lowest BCUT2D eigenvalue weighted by molar-refractivity contribution is -0.137. The Hall–Kier alpha value is -2.16. The molecular formula is C13H10F3NO4S. The number of hydrogen-bond donors (Lipinski definition) is 1. The number of thioether (sulfide) groups is 1. The minimum Gasteiger partial charge on any atom is -0.504 e. The number of benzene rings is 1. The van der Waals surface area contributed by atoms with Gasteiger partial charge in [0.05, 0.1) is 17.6 Å². The van der Waals surface area contributed by atoms with Crippen LogP contribution in [0.5, 0.6) is 11.5 Å². The number of methoxy groups -OCH3 is 1. The quantitative estimate of drug-likeness (QED) is 0.843. The van der Waals surface area contributed by atoms with E-state index in [0.29, 0.717) is 17.8 Å². The summed E-state index contributed by atoms with van der Waals surface area (Å²) in [5, 5.41) is 8.92. The van der Waals surface area contributed by atoms with E-state index < -0.39 is 28.6 Å². The summed E-state index contributed by atoms with van der Waals surface area (Å²) >= 11 is 0.541. The molecule has 0 aliphatic carbocycles. The fourth-order valence-corrected chi connectivity index (χ4v) is 2.62. The summed E-state index contributed by atoms with van der Waals surface area (Å²) in [6.07, 6.45) is -3.78. The van der Waals surface area contributed by atoms with Crippen LogP contribution in [0.2, 0.25) is 0 Å². The number of halogens is 3. The Kier molecular flexibility index (Phi) is 4.10. The van der Waals surface area contributed by atoms with Crippen LogP contribution in [-0.4, -0.2) is 35.3 Å². The van der Waals surface area contributed by atoms with Gasteiger partial charge in [-0.1, -0.05) is 0 Å². The molecule has 0 unspecified atom stereocenters. The van der Waals surface area contributed by atoms with Crippen molar-refractivity contribution in [3.63, 3.8) is 0 Å². The van der Waals surface area contributed by atoms with E-state index in [9.17, 15) is 27.9 Å². The molecule has 0 atom stereocenters. The summed E-state index contributed by atoms with van der Waals surface area (Å²) in [4.78, 5) is 23.8. The number of hydrogen-bond acceptors (Lipinski definition) is 5. The second-order valence-electron chi connectivity index (χ2n) is 4.35. The molecule has 0 saturated carbocycles. The van der Waals surface area contributed by atoms with Crippen LogP contribution in [0.4, 0.5) is 18.0 Å². The molecule has 0 radical (unpaired) electrons. The maximum Gasteiger partial charge on any atom is 0.417 e. The first-order valence-corrected chi connectivity index (χ1v) is 6.66. The molecule has 1 aromatic rings. The van der Waals surface area contributed by atoms with E-state index in [-0.39, 0.29) is 16.2 Å². The molecule has 1 saturated heterocycles. The van der Waals surface area contributed by atoms with Crippen molar-refractivity contribution in [3.8, 4) is 11.5 Å². The zero-order chi connectivity index (χ0) is 16.7. The second-order valence-corrected chi connectivity index (χ2v) is 5.34. The number of imide groups is 1. The number of likely N-dealkylation sites (N-methyl/N-ethyl adjacent to an activating group) is 1. The van der Waals surface area contributed by atoms with Crippen LogP contribution < -0.4 is 4.74 Å². The van der Waals surface area contributed by atoms with E-state index in [0.717, 1.165) is 17.0 Å². The number of alkyl halides is 3. The van der Waals surface area contributed by atoms with Crippen LogP contribution in [0.3, 0.4) is 0 Å². The van der Waals surface area contributed by atoms with Crippen molar-refractivity contribution < 1.29 is 32.6 Å². The highest BCUT2D eigenvalue weighted by Gasteiger charge is 2.36. The Balaban J connectivity index is 2.59. The van der Waals surface area contributed by atoms with Crippen LogP contribution in [0, 0.1) is 0 Å². The third kappa shape index (κ3) is 2.89. The van der Waals surface area contributed by atoms with E-state index >= 15 is 0 Å². The molecule has 2 amide bonds. The van der Waals surface area contributed by atoms with Crippen molar-refractivity contribution in [2.24, 2.45) is 0 Å². The molecule has 5 nitrogen and oxygen atoms in total. The van der Waals surface area contributed by atoms with Crippen molar-refractivity contribution in [2.45, 2.75) is 6.18 Å². The third-order valence-electron chi connectivity index (χ3n) is 2.93. The molecule has 0 spiro atoms. The number of aromatic hydroxyl groups is 1. The maximum atomic E-state index is 13.0. The fraction of sp³-hybridized carbons (Fsp3) is 0.231. The molecule has 1 heterocycles. The number of carbonyl (C=O) groups is 2. The van der Waals surface area contributed by atoms with Crippen molar-refractivity contribution in [3.05, 3.63) is 28.2 Å². The molecule has 1 aliphatic heterocycles. The maximum absolute atomic E-state index is 13.0. The molecule has 1 aromatic carbocycles. The monoisotopic (exact) mass is 333 g/mol. The Morgan fingerprint density at radius 1 is 1.32 bits per heavy atom. The number of carbonyl (C=O) groups excluding carboxylic acids is 2. The van der Waals surface area contributed by atoms with E-state index in [4.69, 9.17) is 4.74 Å². The number of rotatable bonds is 2. The van der Waals surface area contributed by atoms with E-state index in [1.165, 1.54) is 14.2 Å². The molecular weight excluding hydrogens is 323 g/mol. The van der Waals surface area contributed by atoms with Gasteiger partial charge in [-0.05, 0) is 35.5 Å². The van der Waals surface area contributed by atoms with E-state index in [2.05, 4.69) is 0 Å². The third-order valence-corrected chi connectivity index (χ3v) is 3.89. The van der Waals surface area contributed by atoms with E-state index in [1.54, 1.807) is 0 Å². The molecule has 0 bridgehead atoms. The topological polar surface area (TPSA) is 66.8 Å². The van der Waals surface area contributed by atoms with Gasteiger partial charge in [0.15, 0.2) is 11.5 Å². The summed E-state index contributed by atoms with van der Waals surface area (Å²) < 4.78 is 43.9. The smallest absolute Gasteiger partial charge is 0.417 e. The summed E-state index contributed by atoms with van der Waals surface area (Å²) in [5.74, 6) is -1.53. The lowest BCUT2D eigenvalue weighted by atomic mass is 10.0. The molecule has 9 heteroatoms. The molecule has 2 rings (SSSR count). The lowest BCUT2D eigenvalue weighted by Crippen LogP contribution is -2.22. The Labute approximate surface area is 127 Å². The first-order valence-electron chi connectivity index (χ1n) is 5.85. The van der Waals surface area contributed by atoms with Crippen LogP contribution in [0.15, 0.2) is 17.0 Å².